The molecular formula is C16H24N2. The van der Waals surface area contributed by atoms with Crippen molar-refractivity contribution in [2.45, 2.75) is 38.8 Å². The van der Waals surface area contributed by atoms with Gasteiger partial charge in [0.1, 0.15) is 0 Å². The molecule has 18 heavy (non-hydrogen) atoms. The van der Waals surface area contributed by atoms with Gasteiger partial charge in [0, 0.05) is 19.1 Å². The van der Waals surface area contributed by atoms with Gasteiger partial charge in [0.25, 0.3) is 0 Å². The first-order chi connectivity index (χ1) is 8.83. The van der Waals surface area contributed by atoms with E-state index in [9.17, 15) is 0 Å². The van der Waals surface area contributed by atoms with Crippen LogP contribution in [0.1, 0.15) is 30.9 Å². The second kappa shape index (κ2) is 5.41. The third-order valence-corrected chi connectivity index (χ3v) is 4.45. The van der Waals surface area contributed by atoms with Crippen LogP contribution in [0.15, 0.2) is 24.3 Å². The molecule has 3 rings (SSSR count). The maximum Gasteiger partial charge on any atom is 0.0239 e. The van der Waals surface area contributed by atoms with Crippen molar-refractivity contribution in [3.63, 3.8) is 0 Å². The number of hydrogen-bond acceptors (Lipinski definition) is 2. The average molecular weight is 244 g/mol. The Morgan fingerprint density at radius 3 is 2.83 bits per heavy atom. The van der Waals surface area contributed by atoms with Crippen LogP contribution in [0.4, 0.5) is 0 Å². The minimum absolute atomic E-state index is 0.736. The molecule has 1 fully saturated rings. The summed E-state index contributed by atoms with van der Waals surface area (Å²) in [6.07, 6.45) is 3.92. The van der Waals surface area contributed by atoms with E-state index in [1.807, 2.05) is 0 Å². The van der Waals surface area contributed by atoms with E-state index in [1.165, 1.54) is 38.9 Å². The Morgan fingerprint density at radius 2 is 2.00 bits per heavy atom. The van der Waals surface area contributed by atoms with Crippen molar-refractivity contribution in [2.24, 2.45) is 5.92 Å². The number of rotatable bonds is 1. The predicted molar refractivity (Wildman–Crippen MR) is 75.6 cm³/mol. The fourth-order valence-corrected chi connectivity index (χ4v) is 3.44. The highest BCUT2D eigenvalue weighted by atomic mass is 15.2. The summed E-state index contributed by atoms with van der Waals surface area (Å²) in [4.78, 5) is 2.70. The maximum atomic E-state index is 3.58. The van der Waals surface area contributed by atoms with Gasteiger partial charge in [0.15, 0.2) is 0 Å². The molecule has 0 amide bonds. The van der Waals surface area contributed by atoms with E-state index in [4.69, 9.17) is 0 Å². The maximum absolute atomic E-state index is 3.58. The van der Waals surface area contributed by atoms with Gasteiger partial charge in [-0.2, -0.15) is 0 Å². The minimum Gasteiger partial charge on any atom is -0.315 e. The van der Waals surface area contributed by atoms with E-state index in [1.54, 1.807) is 11.1 Å². The van der Waals surface area contributed by atoms with E-state index in [0.717, 1.165) is 18.5 Å². The van der Waals surface area contributed by atoms with Crippen LogP contribution < -0.4 is 5.32 Å². The van der Waals surface area contributed by atoms with Crippen LogP contribution in [0.5, 0.6) is 0 Å². The molecule has 2 aliphatic rings. The topological polar surface area (TPSA) is 15.3 Å². The molecule has 1 N–H and O–H groups in total. The Kier molecular flexibility index (Phi) is 3.67. The standard InChI is InChI=1S/C16H24N2/c1-13-9-16(11-17-10-13)18-8-4-7-14-5-2-3-6-15(14)12-18/h2-3,5-6,13,16-17H,4,7-12H2,1H3. The molecule has 1 aromatic carbocycles. The second-order valence-corrected chi connectivity index (χ2v) is 6.00. The lowest BCUT2D eigenvalue weighted by molar-refractivity contribution is 0.140. The number of benzene rings is 1. The average Bonchev–Trinajstić information content (AvgIpc) is 2.60. The molecule has 1 aromatic rings. The smallest absolute Gasteiger partial charge is 0.0239 e. The van der Waals surface area contributed by atoms with Gasteiger partial charge in [-0.05, 0) is 49.4 Å². The summed E-state index contributed by atoms with van der Waals surface area (Å²) in [6.45, 7) is 7.14. The molecule has 0 spiro atoms. The van der Waals surface area contributed by atoms with E-state index in [-0.39, 0.29) is 0 Å². The molecule has 2 unspecified atom stereocenters. The first-order valence-electron chi connectivity index (χ1n) is 7.34. The van der Waals surface area contributed by atoms with Crippen molar-refractivity contribution < 1.29 is 0 Å². The van der Waals surface area contributed by atoms with Crippen LogP contribution in [0.2, 0.25) is 0 Å². The molecule has 98 valence electrons. The zero-order valence-electron chi connectivity index (χ0n) is 11.4. The number of nitrogens with one attached hydrogen (secondary N) is 1. The highest BCUT2D eigenvalue weighted by Gasteiger charge is 2.25. The van der Waals surface area contributed by atoms with Crippen LogP contribution in [0.25, 0.3) is 0 Å². The third kappa shape index (κ3) is 2.60. The molecule has 2 atom stereocenters. The quantitative estimate of drug-likeness (QED) is 0.816. The lowest BCUT2D eigenvalue weighted by Gasteiger charge is -2.36. The molecule has 2 nitrogen and oxygen atoms in total. The fraction of sp³-hybridized carbons (Fsp3) is 0.625. The number of aryl methyl sites for hydroxylation is 1. The van der Waals surface area contributed by atoms with Gasteiger partial charge < -0.3 is 5.32 Å². The molecular weight excluding hydrogens is 220 g/mol. The first kappa shape index (κ1) is 12.2. The molecule has 0 aromatic heterocycles. The van der Waals surface area contributed by atoms with E-state index in [2.05, 4.69) is 41.4 Å². The summed E-state index contributed by atoms with van der Waals surface area (Å²) in [7, 11) is 0. The number of piperidine rings is 1. The zero-order valence-corrected chi connectivity index (χ0v) is 11.4. The van der Waals surface area contributed by atoms with Crippen LogP contribution >= 0.6 is 0 Å². The molecule has 2 aliphatic heterocycles. The SMILES string of the molecule is CC1CNCC(N2CCCc3ccccc3C2)C1. The Morgan fingerprint density at radius 1 is 1.17 bits per heavy atom. The van der Waals surface area contributed by atoms with Gasteiger partial charge in [-0.15, -0.1) is 0 Å². The normalized spacial score (nSPS) is 29.6. The summed E-state index contributed by atoms with van der Waals surface area (Å²) in [5, 5.41) is 3.58. The van der Waals surface area contributed by atoms with Crippen LogP contribution in [0, 0.1) is 5.92 Å². The molecule has 0 bridgehead atoms. The van der Waals surface area contributed by atoms with E-state index < -0.39 is 0 Å². The summed E-state index contributed by atoms with van der Waals surface area (Å²) < 4.78 is 0. The van der Waals surface area contributed by atoms with Crippen LogP contribution in [-0.2, 0) is 13.0 Å². The van der Waals surface area contributed by atoms with Crippen molar-refractivity contribution in [1.82, 2.24) is 10.2 Å². The van der Waals surface area contributed by atoms with Crippen molar-refractivity contribution in [2.75, 3.05) is 19.6 Å². The van der Waals surface area contributed by atoms with Gasteiger partial charge in [-0.25, -0.2) is 0 Å². The number of hydrogen-bond donors (Lipinski definition) is 1. The number of nitrogens with zero attached hydrogens (tertiary/aromatic N) is 1. The molecule has 0 aliphatic carbocycles. The van der Waals surface area contributed by atoms with Gasteiger partial charge >= 0.3 is 0 Å². The Labute approximate surface area is 110 Å². The lowest BCUT2D eigenvalue weighted by Crippen LogP contribution is -2.48. The summed E-state index contributed by atoms with van der Waals surface area (Å²) in [5.74, 6) is 0.822. The summed E-state index contributed by atoms with van der Waals surface area (Å²) >= 11 is 0. The van der Waals surface area contributed by atoms with Gasteiger partial charge in [0.05, 0.1) is 0 Å². The van der Waals surface area contributed by atoms with Gasteiger partial charge in [-0.1, -0.05) is 31.2 Å². The van der Waals surface area contributed by atoms with Crippen LogP contribution in [-0.4, -0.2) is 30.6 Å². The van der Waals surface area contributed by atoms with Gasteiger partial charge in [-0.3, -0.25) is 4.90 Å². The lowest BCUT2D eigenvalue weighted by atomic mass is 9.96. The van der Waals surface area contributed by atoms with Crippen molar-refractivity contribution in [1.29, 1.82) is 0 Å². The molecule has 2 heteroatoms. The third-order valence-electron chi connectivity index (χ3n) is 4.45. The van der Waals surface area contributed by atoms with Crippen molar-refractivity contribution in [3.05, 3.63) is 35.4 Å². The zero-order chi connectivity index (χ0) is 12.4. The molecule has 1 saturated heterocycles. The summed E-state index contributed by atoms with van der Waals surface area (Å²) in [5.41, 5.74) is 3.12. The minimum atomic E-state index is 0.736. The van der Waals surface area contributed by atoms with Gasteiger partial charge in [0.2, 0.25) is 0 Å². The second-order valence-electron chi connectivity index (χ2n) is 6.00. The molecule has 2 heterocycles. The molecule has 0 radical (unpaired) electrons. The number of fused-ring (bicyclic) bond motifs is 1. The Bertz CT molecular complexity index is 402. The predicted octanol–water partition coefficient (Wildman–Crippen LogP) is 2.43. The highest BCUT2D eigenvalue weighted by Crippen LogP contribution is 2.23. The Balaban J connectivity index is 1.74. The fourth-order valence-electron chi connectivity index (χ4n) is 3.44. The summed E-state index contributed by atoms with van der Waals surface area (Å²) in [6, 6.07) is 9.72. The van der Waals surface area contributed by atoms with E-state index in [0.29, 0.717) is 0 Å². The van der Waals surface area contributed by atoms with Crippen LogP contribution in [0.3, 0.4) is 0 Å². The van der Waals surface area contributed by atoms with Crippen molar-refractivity contribution >= 4 is 0 Å². The monoisotopic (exact) mass is 244 g/mol. The largest absolute Gasteiger partial charge is 0.315 e. The highest BCUT2D eigenvalue weighted by molar-refractivity contribution is 5.28. The Hall–Kier alpha value is -0.860. The van der Waals surface area contributed by atoms with E-state index >= 15 is 0 Å². The first-order valence-corrected chi connectivity index (χ1v) is 7.34. The van der Waals surface area contributed by atoms with Crippen molar-refractivity contribution in [3.8, 4) is 0 Å². The molecule has 0 saturated carbocycles.